The van der Waals surface area contributed by atoms with Gasteiger partial charge in [-0.05, 0) is 30.7 Å². The molecule has 0 aliphatic carbocycles. The number of carbonyl (C=O) groups is 2. The third-order valence-corrected chi connectivity index (χ3v) is 3.35. The average molecular weight is 301 g/mol. The van der Waals surface area contributed by atoms with Gasteiger partial charge in [-0.2, -0.15) is 5.10 Å². The summed E-state index contributed by atoms with van der Waals surface area (Å²) in [4.78, 5) is 23.3. The summed E-state index contributed by atoms with van der Waals surface area (Å²) in [5.41, 5.74) is 2.36. The van der Waals surface area contributed by atoms with Gasteiger partial charge in [0.2, 0.25) is 0 Å². The first-order valence-electron chi connectivity index (χ1n) is 6.89. The van der Waals surface area contributed by atoms with E-state index >= 15 is 0 Å². The number of aryl methyl sites for hydroxylation is 1. The molecule has 1 aromatic carbocycles. The molecule has 0 spiro atoms. The average Bonchev–Trinajstić information content (AvgIpc) is 2.90. The Kier molecular flexibility index (Phi) is 4.03. The molecule has 0 aliphatic heterocycles. The van der Waals surface area contributed by atoms with E-state index in [2.05, 4.69) is 15.5 Å². The zero-order valence-corrected chi connectivity index (χ0v) is 13.0. The molecule has 116 valence electrons. The minimum atomic E-state index is -1.04. The highest BCUT2D eigenvalue weighted by atomic mass is 16.4. The SMILES string of the molecule is Cc1ccc(C(=O)O)cc1NC(=O)c1cc(C(C)(C)C)[nH]n1. The van der Waals surface area contributed by atoms with Crippen LogP contribution in [-0.4, -0.2) is 27.2 Å². The number of nitrogens with one attached hydrogen (secondary N) is 2. The molecule has 22 heavy (non-hydrogen) atoms. The summed E-state index contributed by atoms with van der Waals surface area (Å²) in [6.07, 6.45) is 0. The summed E-state index contributed by atoms with van der Waals surface area (Å²) >= 11 is 0. The second-order valence-corrected chi connectivity index (χ2v) is 6.21. The molecule has 3 N–H and O–H groups in total. The zero-order valence-electron chi connectivity index (χ0n) is 13.0. The van der Waals surface area contributed by atoms with Crippen molar-refractivity contribution in [3.8, 4) is 0 Å². The van der Waals surface area contributed by atoms with Gasteiger partial charge in [-0.3, -0.25) is 9.89 Å². The lowest BCUT2D eigenvalue weighted by molar-refractivity contribution is 0.0696. The highest BCUT2D eigenvalue weighted by molar-refractivity contribution is 6.04. The van der Waals surface area contributed by atoms with Crippen LogP contribution in [-0.2, 0) is 5.41 Å². The number of aromatic amines is 1. The van der Waals surface area contributed by atoms with Gasteiger partial charge in [-0.15, -0.1) is 0 Å². The number of hydrogen-bond acceptors (Lipinski definition) is 3. The minimum absolute atomic E-state index is 0.123. The quantitative estimate of drug-likeness (QED) is 0.812. The van der Waals surface area contributed by atoms with Crippen molar-refractivity contribution < 1.29 is 14.7 Å². The molecular formula is C16H19N3O3. The van der Waals surface area contributed by atoms with Crippen molar-refractivity contribution >= 4 is 17.6 Å². The van der Waals surface area contributed by atoms with Crippen LogP contribution in [0.25, 0.3) is 0 Å². The molecule has 1 aromatic heterocycles. The molecule has 0 radical (unpaired) electrons. The molecule has 2 rings (SSSR count). The Morgan fingerprint density at radius 1 is 1.23 bits per heavy atom. The lowest BCUT2D eigenvalue weighted by Gasteiger charge is -2.14. The van der Waals surface area contributed by atoms with Crippen LogP contribution in [0.2, 0.25) is 0 Å². The number of hydrogen-bond donors (Lipinski definition) is 3. The molecule has 1 heterocycles. The van der Waals surface area contributed by atoms with E-state index in [0.717, 1.165) is 11.3 Å². The van der Waals surface area contributed by atoms with Crippen molar-refractivity contribution in [1.29, 1.82) is 0 Å². The molecule has 0 atom stereocenters. The largest absolute Gasteiger partial charge is 0.478 e. The maximum absolute atomic E-state index is 12.2. The van der Waals surface area contributed by atoms with E-state index in [1.54, 1.807) is 19.1 Å². The summed E-state index contributed by atoms with van der Waals surface area (Å²) in [6, 6.07) is 6.29. The van der Waals surface area contributed by atoms with Gasteiger partial charge in [0, 0.05) is 16.8 Å². The number of rotatable bonds is 3. The Morgan fingerprint density at radius 3 is 2.45 bits per heavy atom. The minimum Gasteiger partial charge on any atom is -0.478 e. The van der Waals surface area contributed by atoms with Crippen LogP contribution in [0, 0.1) is 6.92 Å². The van der Waals surface area contributed by atoms with Crippen LogP contribution in [0.3, 0.4) is 0 Å². The molecular weight excluding hydrogens is 282 g/mol. The van der Waals surface area contributed by atoms with E-state index in [-0.39, 0.29) is 22.6 Å². The highest BCUT2D eigenvalue weighted by Gasteiger charge is 2.20. The molecule has 2 aromatic rings. The number of aromatic nitrogens is 2. The van der Waals surface area contributed by atoms with E-state index in [1.807, 2.05) is 20.8 Å². The molecule has 6 nitrogen and oxygen atoms in total. The Labute approximate surface area is 128 Å². The van der Waals surface area contributed by atoms with Crippen molar-refractivity contribution in [3.05, 3.63) is 46.8 Å². The van der Waals surface area contributed by atoms with E-state index in [4.69, 9.17) is 5.11 Å². The number of carbonyl (C=O) groups excluding carboxylic acids is 1. The topological polar surface area (TPSA) is 95.1 Å². The van der Waals surface area contributed by atoms with Crippen LogP contribution < -0.4 is 5.32 Å². The summed E-state index contributed by atoms with van der Waals surface area (Å²) in [5, 5.41) is 18.6. The number of carboxylic acids is 1. The van der Waals surface area contributed by atoms with Gasteiger partial charge < -0.3 is 10.4 Å². The predicted molar refractivity (Wildman–Crippen MR) is 83.4 cm³/mol. The summed E-state index contributed by atoms with van der Waals surface area (Å²) in [6.45, 7) is 7.85. The number of nitrogens with zero attached hydrogens (tertiary/aromatic N) is 1. The Morgan fingerprint density at radius 2 is 1.91 bits per heavy atom. The predicted octanol–water partition coefficient (Wildman–Crippen LogP) is 2.97. The molecule has 0 unspecified atom stereocenters. The molecule has 0 fully saturated rings. The standard InChI is InChI=1S/C16H19N3O3/c1-9-5-6-10(15(21)22)7-11(9)17-14(20)12-8-13(19-18-12)16(2,3)4/h5-8H,1-4H3,(H,17,20)(H,18,19)(H,21,22). The fourth-order valence-electron chi connectivity index (χ4n) is 1.90. The maximum Gasteiger partial charge on any atom is 0.335 e. The first-order chi connectivity index (χ1) is 10.2. The first-order valence-corrected chi connectivity index (χ1v) is 6.89. The smallest absolute Gasteiger partial charge is 0.335 e. The second kappa shape index (κ2) is 5.63. The number of anilines is 1. The number of amides is 1. The van der Waals surface area contributed by atoms with Gasteiger partial charge >= 0.3 is 5.97 Å². The molecule has 0 bridgehead atoms. The second-order valence-electron chi connectivity index (χ2n) is 6.21. The zero-order chi connectivity index (χ0) is 16.5. The number of H-pyrrole nitrogens is 1. The van der Waals surface area contributed by atoms with E-state index in [1.165, 1.54) is 12.1 Å². The monoisotopic (exact) mass is 301 g/mol. The maximum atomic E-state index is 12.2. The van der Waals surface area contributed by atoms with Gasteiger partial charge in [-0.1, -0.05) is 26.8 Å². The Bertz CT molecular complexity index is 726. The summed E-state index contributed by atoms with van der Waals surface area (Å²) in [5.74, 6) is -1.41. The highest BCUT2D eigenvalue weighted by Crippen LogP contribution is 2.21. The fourth-order valence-corrected chi connectivity index (χ4v) is 1.90. The number of aromatic carboxylic acids is 1. The third kappa shape index (κ3) is 3.33. The molecule has 0 saturated carbocycles. The molecule has 1 amide bonds. The van der Waals surface area contributed by atoms with Crippen molar-refractivity contribution in [3.63, 3.8) is 0 Å². The van der Waals surface area contributed by atoms with Crippen molar-refractivity contribution in [2.24, 2.45) is 0 Å². The normalized spacial score (nSPS) is 11.3. The fraction of sp³-hybridized carbons (Fsp3) is 0.312. The van der Waals surface area contributed by atoms with Gasteiger partial charge in [0.05, 0.1) is 5.56 Å². The summed E-state index contributed by atoms with van der Waals surface area (Å²) in [7, 11) is 0. The van der Waals surface area contributed by atoms with E-state index in [0.29, 0.717) is 5.69 Å². The van der Waals surface area contributed by atoms with Gasteiger partial charge in [0.1, 0.15) is 0 Å². The van der Waals surface area contributed by atoms with Crippen LogP contribution in [0.5, 0.6) is 0 Å². The van der Waals surface area contributed by atoms with Crippen LogP contribution in [0.15, 0.2) is 24.3 Å². The van der Waals surface area contributed by atoms with Crippen LogP contribution >= 0.6 is 0 Å². The summed E-state index contributed by atoms with van der Waals surface area (Å²) < 4.78 is 0. The molecule has 0 saturated heterocycles. The Balaban J connectivity index is 2.24. The van der Waals surface area contributed by atoms with Crippen LogP contribution in [0.1, 0.15) is 52.9 Å². The van der Waals surface area contributed by atoms with E-state index in [9.17, 15) is 9.59 Å². The first kappa shape index (κ1) is 15.8. The molecule has 6 heteroatoms. The molecule has 0 aliphatic rings. The lowest BCUT2D eigenvalue weighted by Crippen LogP contribution is -2.14. The number of carboxylic acid groups (broad SMARTS) is 1. The van der Waals surface area contributed by atoms with Gasteiger partial charge in [0.15, 0.2) is 5.69 Å². The van der Waals surface area contributed by atoms with Gasteiger partial charge in [0.25, 0.3) is 5.91 Å². The third-order valence-electron chi connectivity index (χ3n) is 3.35. The van der Waals surface area contributed by atoms with Crippen molar-refractivity contribution in [2.45, 2.75) is 33.1 Å². The van der Waals surface area contributed by atoms with Gasteiger partial charge in [-0.25, -0.2) is 4.79 Å². The van der Waals surface area contributed by atoms with Crippen molar-refractivity contribution in [1.82, 2.24) is 10.2 Å². The Hall–Kier alpha value is -2.63. The van der Waals surface area contributed by atoms with E-state index < -0.39 is 5.97 Å². The van der Waals surface area contributed by atoms with Crippen molar-refractivity contribution in [2.75, 3.05) is 5.32 Å². The lowest BCUT2D eigenvalue weighted by atomic mass is 9.92. The van der Waals surface area contributed by atoms with Crippen LogP contribution in [0.4, 0.5) is 5.69 Å². The number of benzene rings is 1.